The predicted octanol–water partition coefficient (Wildman–Crippen LogP) is 0.609. The van der Waals surface area contributed by atoms with Crippen LogP contribution >= 0.6 is 0 Å². The summed E-state index contributed by atoms with van der Waals surface area (Å²) in [4.78, 5) is 11.4. The van der Waals surface area contributed by atoms with Crippen molar-refractivity contribution in [3.8, 4) is 0 Å². The average molecular weight is 230 g/mol. The molecule has 0 unspecified atom stereocenters. The van der Waals surface area contributed by atoms with Crippen LogP contribution in [0.3, 0.4) is 0 Å². The van der Waals surface area contributed by atoms with E-state index in [-0.39, 0.29) is 24.8 Å². The number of carbonyl (C=O) groups excluding carboxylic acids is 1. The summed E-state index contributed by atoms with van der Waals surface area (Å²) in [6.07, 6.45) is 1.26. The Labute approximate surface area is 96.3 Å². The highest BCUT2D eigenvalue weighted by Gasteiger charge is 2.34. The minimum absolute atomic E-state index is 0.00379. The highest BCUT2D eigenvalue weighted by atomic mass is 16.6. The second kappa shape index (κ2) is 5.01. The van der Waals surface area contributed by atoms with E-state index in [4.69, 9.17) is 15.6 Å². The molecule has 5 heteroatoms. The van der Waals surface area contributed by atoms with Crippen molar-refractivity contribution in [3.63, 3.8) is 0 Å². The van der Waals surface area contributed by atoms with E-state index in [9.17, 15) is 4.79 Å². The summed E-state index contributed by atoms with van der Waals surface area (Å²) >= 11 is 0. The fourth-order valence-corrected chi connectivity index (χ4v) is 1.75. The van der Waals surface area contributed by atoms with Gasteiger partial charge in [0.1, 0.15) is 5.60 Å². The Morgan fingerprint density at radius 2 is 2.12 bits per heavy atom. The summed E-state index contributed by atoms with van der Waals surface area (Å²) in [5, 5.41) is 11.6. The zero-order valence-corrected chi connectivity index (χ0v) is 10.2. The number of aliphatic hydroxyl groups is 1. The average Bonchev–Trinajstić information content (AvgIpc) is 2.06. The van der Waals surface area contributed by atoms with Gasteiger partial charge in [-0.3, -0.25) is 0 Å². The van der Waals surface area contributed by atoms with E-state index in [1.807, 2.05) is 20.8 Å². The van der Waals surface area contributed by atoms with Crippen molar-refractivity contribution in [2.45, 2.75) is 51.3 Å². The normalized spacial score (nSPS) is 26.8. The van der Waals surface area contributed by atoms with Gasteiger partial charge in [0.2, 0.25) is 0 Å². The lowest BCUT2D eigenvalue weighted by Gasteiger charge is -2.38. The van der Waals surface area contributed by atoms with Gasteiger partial charge in [-0.1, -0.05) is 0 Å². The third kappa shape index (κ3) is 3.98. The third-order valence-corrected chi connectivity index (χ3v) is 2.71. The molecule has 0 aromatic rings. The highest BCUT2D eigenvalue weighted by molar-refractivity contribution is 5.68. The summed E-state index contributed by atoms with van der Waals surface area (Å²) < 4.78 is 5.14. The number of aliphatic hydroxyl groups excluding tert-OH is 1. The van der Waals surface area contributed by atoms with Crippen LogP contribution in [0.2, 0.25) is 0 Å². The SMILES string of the molecule is CC(C)(C)OC(=O)NC1CC([C@@H](N)CO)C1. The largest absolute Gasteiger partial charge is 0.444 e. The maximum atomic E-state index is 11.4. The molecule has 16 heavy (non-hydrogen) atoms. The number of rotatable bonds is 3. The third-order valence-electron chi connectivity index (χ3n) is 2.71. The summed E-state index contributed by atoms with van der Waals surface area (Å²) in [6, 6.07) is -0.0332. The van der Waals surface area contributed by atoms with Gasteiger partial charge in [0.25, 0.3) is 0 Å². The van der Waals surface area contributed by atoms with Crippen LogP contribution in [0.1, 0.15) is 33.6 Å². The van der Waals surface area contributed by atoms with Crippen LogP contribution in [-0.4, -0.2) is 35.5 Å². The molecular weight excluding hydrogens is 208 g/mol. The van der Waals surface area contributed by atoms with Gasteiger partial charge in [-0.25, -0.2) is 4.79 Å². The first-order valence-corrected chi connectivity index (χ1v) is 5.68. The summed E-state index contributed by atoms with van der Waals surface area (Å²) in [5.41, 5.74) is 5.22. The van der Waals surface area contributed by atoms with Crippen molar-refractivity contribution in [1.29, 1.82) is 0 Å². The van der Waals surface area contributed by atoms with E-state index in [1.165, 1.54) is 0 Å². The molecule has 1 aliphatic carbocycles. The number of carbonyl (C=O) groups is 1. The van der Waals surface area contributed by atoms with Gasteiger partial charge in [0, 0.05) is 12.1 Å². The lowest BCUT2D eigenvalue weighted by atomic mass is 9.76. The van der Waals surface area contributed by atoms with Crippen LogP contribution in [0.15, 0.2) is 0 Å². The van der Waals surface area contributed by atoms with Gasteiger partial charge in [0.15, 0.2) is 0 Å². The number of amides is 1. The molecule has 0 aliphatic heterocycles. The Morgan fingerprint density at radius 1 is 1.56 bits per heavy atom. The van der Waals surface area contributed by atoms with Crippen LogP contribution < -0.4 is 11.1 Å². The van der Waals surface area contributed by atoms with Gasteiger partial charge < -0.3 is 20.9 Å². The van der Waals surface area contributed by atoms with Gasteiger partial charge in [-0.05, 0) is 39.5 Å². The summed E-state index contributed by atoms with van der Waals surface area (Å²) in [7, 11) is 0. The molecule has 1 atom stereocenters. The van der Waals surface area contributed by atoms with E-state index in [2.05, 4.69) is 5.32 Å². The topological polar surface area (TPSA) is 84.6 Å². The molecule has 5 nitrogen and oxygen atoms in total. The molecule has 0 bridgehead atoms. The lowest BCUT2D eigenvalue weighted by Crippen LogP contribution is -2.51. The van der Waals surface area contributed by atoms with E-state index in [0.717, 1.165) is 12.8 Å². The van der Waals surface area contributed by atoms with E-state index >= 15 is 0 Å². The van der Waals surface area contributed by atoms with Crippen molar-refractivity contribution in [2.75, 3.05) is 6.61 Å². The van der Waals surface area contributed by atoms with Gasteiger partial charge in [-0.15, -0.1) is 0 Å². The fraction of sp³-hybridized carbons (Fsp3) is 0.909. The van der Waals surface area contributed by atoms with Crippen molar-refractivity contribution in [2.24, 2.45) is 11.7 Å². The van der Waals surface area contributed by atoms with Gasteiger partial charge in [-0.2, -0.15) is 0 Å². The Kier molecular flexibility index (Phi) is 4.15. The monoisotopic (exact) mass is 230 g/mol. The minimum Gasteiger partial charge on any atom is -0.444 e. The highest BCUT2D eigenvalue weighted by Crippen LogP contribution is 2.29. The first-order valence-electron chi connectivity index (χ1n) is 5.68. The fourth-order valence-electron chi connectivity index (χ4n) is 1.75. The van der Waals surface area contributed by atoms with Crippen molar-refractivity contribution in [1.82, 2.24) is 5.32 Å². The Hall–Kier alpha value is -0.810. The van der Waals surface area contributed by atoms with Crippen LogP contribution in [0.5, 0.6) is 0 Å². The molecule has 0 aromatic carbocycles. The maximum Gasteiger partial charge on any atom is 0.407 e. The molecule has 1 aliphatic rings. The molecule has 1 saturated carbocycles. The van der Waals surface area contributed by atoms with Crippen molar-refractivity contribution >= 4 is 6.09 Å². The molecule has 0 heterocycles. The van der Waals surface area contributed by atoms with E-state index in [0.29, 0.717) is 5.92 Å². The van der Waals surface area contributed by atoms with Gasteiger partial charge >= 0.3 is 6.09 Å². The second-order valence-electron chi connectivity index (χ2n) is 5.42. The first-order chi connectivity index (χ1) is 7.31. The predicted molar refractivity (Wildman–Crippen MR) is 60.9 cm³/mol. The number of hydrogen-bond acceptors (Lipinski definition) is 4. The summed E-state index contributed by atoms with van der Waals surface area (Å²) in [5.74, 6) is 0.310. The quantitative estimate of drug-likeness (QED) is 0.663. The minimum atomic E-state index is -0.464. The number of nitrogens with one attached hydrogen (secondary N) is 1. The number of hydrogen-bond donors (Lipinski definition) is 3. The number of nitrogens with two attached hydrogens (primary N) is 1. The first kappa shape index (κ1) is 13.3. The Balaban J connectivity index is 2.20. The Bertz CT molecular complexity index is 244. The number of alkyl carbamates (subject to hydrolysis) is 1. The van der Waals surface area contributed by atoms with E-state index in [1.54, 1.807) is 0 Å². The van der Waals surface area contributed by atoms with Crippen molar-refractivity contribution < 1.29 is 14.6 Å². The van der Waals surface area contributed by atoms with Crippen LogP contribution in [0.4, 0.5) is 4.79 Å². The van der Waals surface area contributed by atoms with Crippen molar-refractivity contribution in [3.05, 3.63) is 0 Å². The van der Waals surface area contributed by atoms with Crippen LogP contribution in [0, 0.1) is 5.92 Å². The van der Waals surface area contributed by atoms with Gasteiger partial charge in [0.05, 0.1) is 6.61 Å². The molecule has 0 saturated heterocycles. The smallest absolute Gasteiger partial charge is 0.407 e. The zero-order valence-electron chi connectivity index (χ0n) is 10.2. The Morgan fingerprint density at radius 3 is 2.56 bits per heavy atom. The zero-order chi connectivity index (χ0) is 12.3. The molecule has 1 rings (SSSR count). The standard InChI is InChI=1S/C11H22N2O3/c1-11(2,3)16-10(15)13-8-4-7(5-8)9(12)6-14/h7-9,14H,4-6,12H2,1-3H3,(H,13,15)/t7?,8?,9-/m0/s1. The lowest BCUT2D eigenvalue weighted by molar-refractivity contribution is 0.0430. The van der Waals surface area contributed by atoms with E-state index < -0.39 is 5.60 Å². The molecule has 94 valence electrons. The summed E-state index contributed by atoms with van der Waals surface area (Å²) in [6.45, 7) is 5.50. The number of ether oxygens (including phenoxy) is 1. The van der Waals surface area contributed by atoms with Crippen LogP contribution in [0.25, 0.3) is 0 Å². The molecule has 0 radical (unpaired) electrons. The molecule has 4 N–H and O–H groups in total. The molecule has 0 aromatic heterocycles. The molecule has 1 amide bonds. The van der Waals surface area contributed by atoms with Crippen LogP contribution in [-0.2, 0) is 4.74 Å². The maximum absolute atomic E-state index is 11.4. The second-order valence-corrected chi connectivity index (χ2v) is 5.42. The molecule has 1 fully saturated rings. The molecular formula is C11H22N2O3. The molecule has 0 spiro atoms.